The van der Waals surface area contributed by atoms with Crippen LogP contribution in [0.5, 0.6) is 11.5 Å². The van der Waals surface area contributed by atoms with Gasteiger partial charge in [0.2, 0.25) is 6.23 Å². The van der Waals surface area contributed by atoms with Crippen LogP contribution in [-0.2, 0) is 0 Å². The fraction of sp³-hybridized carbons (Fsp3) is 0.174. The van der Waals surface area contributed by atoms with Crippen LogP contribution < -0.4 is 9.47 Å². The lowest BCUT2D eigenvalue weighted by Crippen LogP contribution is -2.33. The summed E-state index contributed by atoms with van der Waals surface area (Å²) in [5, 5.41) is 6.90. The fourth-order valence-electron chi connectivity index (χ4n) is 3.84. The van der Waals surface area contributed by atoms with Gasteiger partial charge in [0, 0.05) is 17.5 Å². The van der Waals surface area contributed by atoms with Gasteiger partial charge in [-0.1, -0.05) is 30.3 Å². The molecular formula is C23H19FN2O2. The average Bonchev–Trinajstić information content (AvgIpc) is 3.20. The molecule has 2 atom stereocenters. The van der Waals surface area contributed by atoms with Gasteiger partial charge in [-0.25, -0.2) is 9.40 Å². The molecule has 0 saturated heterocycles. The van der Waals surface area contributed by atoms with Crippen LogP contribution in [0.2, 0.25) is 0 Å². The van der Waals surface area contributed by atoms with Crippen LogP contribution in [0.4, 0.5) is 4.39 Å². The van der Waals surface area contributed by atoms with Crippen molar-refractivity contribution in [2.45, 2.75) is 18.7 Å². The molecule has 0 aliphatic carbocycles. The Balaban J connectivity index is 1.56. The monoisotopic (exact) mass is 374 g/mol. The van der Waals surface area contributed by atoms with Crippen LogP contribution in [0.15, 0.2) is 77.9 Å². The lowest BCUT2D eigenvalue weighted by Gasteiger charge is -2.38. The van der Waals surface area contributed by atoms with Gasteiger partial charge in [-0.15, -0.1) is 0 Å². The van der Waals surface area contributed by atoms with Crippen molar-refractivity contribution in [1.29, 1.82) is 0 Å². The maximum atomic E-state index is 13.4. The standard InChI is InChI=1S/C23H19FN2O2/c1-27-18-12-8-15(9-13-18)20-14-21-19-4-2-3-5-22(19)28-23(26(21)25-20)16-6-10-17(24)11-7-16/h2-13,21,23H,14H2,1H3/t21-,23+/m0/s1. The first-order valence-electron chi connectivity index (χ1n) is 9.24. The molecule has 0 bridgehead atoms. The highest BCUT2D eigenvalue weighted by Crippen LogP contribution is 2.47. The van der Waals surface area contributed by atoms with Gasteiger partial charge < -0.3 is 9.47 Å². The second-order valence-corrected chi connectivity index (χ2v) is 6.93. The van der Waals surface area contributed by atoms with Crippen LogP contribution >= 0.6 is 0 Å². The van der Waals surface area contributed by atoms with Crippen LogP contribution in [0, 0.1) is 5.82 Å². The maximum Gasteiger partial charge on any atom is 0.213 e. The number of hydrogen-bond donors (Lipinski definition) is 0. The molecule has 0 spiro atoms. The summed E-state index contributed by atoms with van der Waals surface area (Å²) in [6.45, 7) is 0. The van der Waals surface area contributed by atoms with E-state index in [1.54, 1.807) is 19.2 Å². The molecule has 3 aromatic carbocycles. The third kappa shape index (κ3) is 2.80. The molecule has 140 valence electrons. The van der Waals surface area contributed by atoms with Gasteiger partial charge in [0.15, 0.2) is 0 Å². The zero-order valence-corrected chi connectivity index (χ0v) is 15.4. The van der Waals surface area contributed by atoms with E-state index >= 15 is 0 Å². The van der Waals surface area contributed by atoms with E-state index in [1.165, 1.54) is 12.1 Å². The molecule has 5 heteroatoms. The normalized spacial score (nSPS) is 20.1. The predicted octanol–water partition coefficient (Wildman–Crippen LogP) is 5.08. The zero-order chi connectivity index (χ0) is 19.1. The minimum atomic E-state index is -0.392. The lowest BCUT2D eigenvalue weighted by molar-refractivity contribution is -0.0190. The third-order valence-electron chi connectivity index (χ3n) is 5.28. The molecule has 0 fully saturated rings. The number of benzene rings is 3. The number of ether oxygens (including phenoxy) is 2. The first kappa shape index (κ1) is 16.8. The van der Waals surface area contributed by atoms with E-state index in [9.17, 15) is 4.39 Å². The molecule has 0 amide bonds. The van der Waals surface area contributed by atoms with Crippen molar-refractivity contribution in [2.24, 2.45) is 5.10 Å². The molecule has 2 aliphatic heterocycles. The van der Waals surface area contributed by atoms with E-state index in [2.05, 4.69) is 6.07 Å². The summed E-state index contributed by atoms with van der Waals surface area (Å²) in [4.78, 5) is 0. The van der Waals surface area contributed by atoms with Gasteiger partial charge in [0.1, 0.15) is 17.3 Å². The highest BCUT2D eigenvalue weighted by atomic mass is 19.1. The van der Waals surface area contributed by atoms with E-state index in [1.807, 2.05) is 47.5 Å². The molecule has 0 aromatic heterocycles. The number of halogens is 1. The van der Waals surface area contributed by atoms with Crippen molar-refractivity contribution in [2.75, 3.05) is 7.11 Å². The summed E-state index contributed by atoms with van der Waals surface area (Å²) in [7, 11) is 1.66. The quantitative estimate of drug-likeness (QED) is 0.641. The number of para-hydroxylation sites is 1. The Morgan fingerprint density at radius 3 is 2.50 bits per heavy atom. The first-order chi connectivity index (χ1) is 13.7. The van der Waals surface area contributed by atoms with Crippen molar-refractivity contribution < 1.29 is 13.9 Å². The maximum absolute atomic E-state index is 13.4. The number of hydrazone groups is 1. The molecule has 2 heterocycles. The van der Waals surface area contributed by atoms with Crippen molar-refractivity contribution in [1.82, 2.24) is 5.01 Å². The summed E-state index contributed by atoms with van der Waals surface area (Å²) >= 11 is 0. The Kier molecular flexibility index (Phi) is 4.01. The number of rotatable bonds is 3. The SMILES string of the molecule is COc1ccc(C2=NN3[C@@H](c4ccc(F)cc4)Oc4ccccc4[C@@H]3C2)cc1. The van der Waals surface area contributed by atoms with Gasteiger partial charge in [0.25, 0.3) is 0 Å². The van der Waals surface area contributed by atoms with Crippen LogP contribution in [-0.4, -0.2) is 17.8 Å². The Bertz CT molecular complexity index is 1030. The molecule has 3 aromatic rings. The third-order valence-corrected chi connectivity index (χ3v) is 5.28. The summed E-state index contributed by atoms with van der Waals surface area (Å²) in [5.74, 6) is 1.41. The molecule has 0 unspecified atom stereocenters. The van der Waals surface area contributed by atoms with Crippen LogP contribution in [0.3, 0.4) is 0 Å². The van der Waals surface area contributed by atoms with Gasteiger partial charge in [0.05, 0.1) is 18.9 Å². The number of fused-ring (bicyclic) bond motifs is 3. The Morgan fingerprint density at radius 2 is 1.75 bits per heavy atom. The van der Waals surface area contributed by atoms with Crippen LogP contribution in [0.1, 0.15) is 35.4 Å². The zero-order valence-electron chi connectivity index (χ0n) is 15.4. The van der Waals surface area contributed by atoms with Gasteiger partial charge in [-0.3, -0.25) is 0 Å². The Labute approximate surface area is 162 Å². The summed E-state index contributed by atoms with van der Waals surface area (Å²) in [5.41, 5.74) is 4.05. The van der Waals surface area contributed by atoms with E-state index in [0.717, 1.165) is 40.3 Å². The smallest absolute Gasteiger partial charge is 0.213 e. The van der Waals surface area contributed by atoms with E-state index < -0.39 is 6.23 Å². The fourth-order valence-corrected chi connectivity index (χ4v) is 3.84. The van der Waals surface area contributed by atoms with Crippen molar-refractivity contribution in [3.63, 3.8) is 0 Å². The molecule has 0 saturated carbocycles. The topological polar surface area (TPSA) is 34.1 Å². The van der Waals surface area contributed by atoms with E-state index in [0.29, 0.717) is 0 Å². The highest BCUT2D eigenvalue weighted by Gasteiger charge is 2.40. The highest BCUT2D eigenvalue weighted by molar-refractivity contribution is 6.02. The molecule has 2 aliphatic rings. The second kappa shape index (κ2) is 6.68. The molecule has 5 rings (SSSR count). The molecule has 4 nitrogen and oxygen atoms in total. The Morgan fingerprint density at radius 1 is 1.00 bits per heavy atom. The molecular weight excluding hydrogens is 355 g/mol. The van der Waals surface area contributed by atoms with Crippen molar-refractivity contribution in [3.05, 3.63) is 95.3 Å². The summed E-state index contributed by atoms with van der Waals surface area (Å²) in [6.07, 6.45) is 0.390. The minimum absolute atomic E-state index is 0.0807. The van der Waals surface area contributed by atoms with Crippen molar-refractivity contribution >= 4 is 5.71 Å². The first-order valence-corrected chi connectivity index (χ1v) is 9.24. The van der Waals surface area contributed by atoms with Crippen LogP contribution in [0.25, 0.3) is 0 Å². The molecule has 0 radical (unpaired) electrons. The van der Waals surface area contributed by atoms with E-state index in [4.69, 9.17) is 14.6 Å². The Hall–Kier alpha value is -3.34. The van der Waals surface area contributed by atoms with E-state index in [-0.39, 0.29) is 11.9 Å². The number of hydrogen-bond acceptors (Lipinski definition) is 4. The number of nitrogens with zero attached hydrogens (tertiary/aromatic N) is 2. The summed E-state index contributed by atoms with van der Waals surface area (Å²) < 4.78 is 24.9. The minimum Gasteiger partial charge on any atom is -0.497 e. The second-order valence-electron chi connectivity index (χ2n) is 6.93. The molecule has 0 N–H and O–H groups in total. The largest absolute Gasteiger partial charge is 0.497 e. The summed E-state index contributed by atoms with van der Waals surface area (Å²) in [6, 6.07) is 22.5. The van der Waals surface area contributed by atoms with Gasteiger partial charge >= 0.3 is 0 Å². The van der Waals surface area contributed by atoms with Gasteiger partial charge in [-0.05, 0) is 48.0 Å². The number of methoxy groups -OCH3 is 1. The molecule has 28 heavy (non-hydrogen) atoms. The van der Waals surface area contributed by atoms with Gasteiger partial charge in [-0.2, -0.15) is 5.10 Å². The lowest BCUT2D eigenvalue weighted by atomic mass is 9.96. The van der Waals surface area contributed by atoms with Crippen molar-refractivity contribution in [3.8, 4) is 11.5 Å². The predicted molar refractivity (Wildman–Crippen MR) is 105 cm³/mol. The average molecular weight is 374 g/mol.